The Kier molecular flexibility index (Phi) is 3.76. The Balaban J connectivity index is 1.85. The van der Waals surface area contributed by atoms with Crippen molar-refractivity contribution < 1.29 is 4.79 Å². The Morgan fingerprint density at radius 2 is 2.00 bits per heavy atom. The number of carbonyl (C=O) groups excluding carboxylic acids is 1. The molecule has 3 heterocycles. The van der Waals surface area contributed by atoms with Crippen LogP contribution in [-0.2, 0) is 4.79 Å². The zero-order valence-electron chi connectivity index (χ0n) is 15.0. The lowest BCUT2D eigenvalue weighted by Gasteiger charge is -2.47. The van der Waals surface area contributed by atoms with E-state index >= 15 is 0 Å². The van der Waals surface area contributed by atoms with Gasteiger partial charge >= 0.3 is 0 Å². The molecule has 3 aliphatic rings. The minimum Gasteiger partial charge on any atom is -0.320 e. The molecule has 0 fully saturated rings. The molecule has 1 unspecified atom stereocenters. The average Bonchev–Trinajstić information content (AvgIpc) is 2.64. The molecule has 0 saturated heterocycles. The van der Waals surface area contributed by atoms with Crippen molar-refractivity contribution in [2.75, 3.05) is 18.0 Å². The number of nitrogens with one attached hydrogen (secondary N) is 1. The van der Waals surface area contributed by atoms with Crippen LogP contribution in [0, 0.1) is 6.92 Å². The summed E-state index contributed by atoms with van der Waals surface area (Å²) in [5.74, 6) is 0.482. The highest BCUT2D eigenvalue weighted by Gasteiger charge is 2.43. The number of aryl methyl sites for hydroxylation is 1. The zero-order valence-corrected chi connectivity index (χ0v) is 15.0. The first kappa shape index (κ1) is 16.1. The van der Waals surface area contributed by atoms with Crippen molar-refractivity contribution in [3.8, 4) is 0 Å². The third-order valence-corrected chi connectivity index (χ3v) is 5.48. The van der Waals surface area contributed by atoms with Crippen LogP contribution in [0.25, 0.3) is 0 Å². The molecule has 130 valence electrons. The number of fused-ring (bicyclic) bond motifs is 2. The summed E-state index contributed by atoms with van der Waals surface area (Å²) < 4.78 is 0. The molecule has 1 amide bonds. The number of hydrogen-bond donors (Lipinski definition) is 1. The van der Waals surface area contributed by atoms with E-state index in [1.807, 2.05) is 35.2 Å². The second kappa shape index (κ2) is 5.85. The van der Waals surface area contributed by atoms with Crippen molar-refractivity contribution in [2.45, 2.75) is 39.2 Å². The maximum atomic E-state index is 13.2. The van der Waals surface area contributed by atoms with Crippen molar-refractivity contribution in [3.63, 3.8) is 0 Å². The number of carbonyl (C=O) groups is 1. The predicted molar refractivity (Wildman–Crippen MR) is 100 cm³/mol. The van der Waals surface area contributed by atoms with Crippen LogP contribution in [-0.4, -0.2) is 35.3 Å². The van der Waals surface area contributed by atoms with Crippen LogP contribution >= 0.6 is 0 Å². The molecule has 0 aromatic heterocycles. The Morgan fingerprint density at radius 3 is 2.72 bits per heavy atom. The Hall–Kier alpha value is -2.40. The van der Waals surface area contributed by atoms with E-state index in [1.165, 1.54) is 11.3 Å². The lowest BCUT2D eigenvalue weighted by Crippen LogP contribution is -2.59. The number of amides is 1. The first-order chi connectivity index (χ1) is 12.0. The molecule has 0 bridgehead atoms. The number of amidine groups is 1. The summed E-state index contributed by atoms with van der Waals surface area (Å²) in [4.78, 5) is 21.5. The predicted octanol–water partition coefficient (Wildman–Crippen LogP) is 2.94. The van der Waals surface area contributed by atoms with E-state index in [1.54, 1.807) is 6.20 Å². The highest BCUT2D eigenvalue weighted by molar-refractivity contribution is 6.45. The SMILES string of the molecule is CCC1(C)CC2=C(CN1)N(c1ccc(C)cc1)C(=O)C1=NC=CCN12. The fraction of sp³-hybridized carbons (Fsp3) is 0.400. The monoisotopic (exact) mass is 336 g/mol. The van der Waals surface area contributed by atoms with Gasteiger partial charge in [-0.3, -0.25) is 9.69 Å². The van der Waals surface area contributed by atoms with Gasteiger partial charge in [-0.2, -0.15) is 0 Å². The van der Waals surface area contributed by atoms with E-state index in [4.69, 9.17) is 0 Å². The molecule has 4 rings (SSSR count). The van der Waals surface area contributed by atoms with Crippen molar-refractivity contribution in [1.29, 1.82) is 0 Å². The van der Waals surface area contributed by atoms with Gasteiger partial charge in [-0.05, 0) is 38.5 Å². The number of hydrogen-bond acceptors (Lipinski definition) is 4. The third-order valence-electron chi connectivity index (χ3n) is 5.48. The van der Waals surface area contributed by atoms with Crippen LogP contribution in [0.1, 0.15) is 32.3 Å². The molecule has 0 spiro atoms. The van der Waals surface area contributed by atoms with Gasteiger partial charge in [0.15, 0.2) is 5.84 Å². The summed E-state index contributed by atoms with van der Waals surface area (Å²) in [7, 11) is 0. The van der Waals surface area contributed by atoms with E-state index in [9.17, 15) is 4.79 Å². The summed E-state index contributed by atoms with van der Waals surface area (Å²) >= 11 is 0. The standard InChI is InChI=1S/C20H24N4O/c1-4-20(3)12-16-17(13-22-20)24(15-8-6-14(2)7-9-15)19(25)18-21-10-5-11-23(16)18/h5-10,22H,4,11-13H2,1-3H3. The molecular weight excluding hydrogens is 312 g/mol. The van der Waals surface area contributed by atoms with Gasteiger partial charge in [0.05, 0.1) is 5.70 Å². The quantitative estimate of drug-likeness (QED) is 0.903. The maximum Gasteiger partial charge on any atom is 0.298 e. The first-order valence-electron chi connectivity index (χ1n) is 8.91. The van der Waals surface area contributed by atoms with E-state index in [0.29, 0.717) is 18.9 Å². The average molecular weight is 336 g/mol. The summed E-state index contributed by atoms with van der Waals surface area (Å²) in [5, 5.41) is 3.64. The zero-order chi connectivity index (χ0) is 17.6. The fourth-order valence-electron chi connectivity index (χ4n) is 3.67. The molecule has 5 nitrogen and oxygen atoms in total. The first-order valence-corrected chi connectivity index (χ1v) is 8.91. The Labute approximate surface area is 148 Å². The van der Waals surface area contributed by atoms with Gasteiger partial charge in [-0.15, -0.1) is 0 Å². The van der Waals surface area contributed by atoms with Crippen LogP contribution < -0.4 is 10.2 Å². The van der Waals surface area contributed by atoms with Gasteiger partial charge in [0.25, 0.3) is 5.91 Å². The van der Waals surface area contributed by atoms with Gasteiger partial charge in [0.1, 0.15) is 0 Å². The number of anilines is 1. The van der Waals surface area contributed by atoms with Crippen molar-refractivity contribution in [3.05, 3.63) is 53.5 Å². The number of rotatable bonds is 2. The molecule has 1 aromatic rings. The van der Waals surface area contributed by atoms with E-state index < -0.39 is 0 Å². The molecule has 0 saturated carbocycles. The molecule has 1 atom stereocenters. The number of benzene rings is 1. The summed E-state index contributed by atoms with van der Waals surface area (Å²) in [6.07, 6.45) is 5.68. The Bertz CT molecular complexity index is 805. The van der Waals surface area contributed by atoms with Crippen molar-refractivity contribution in [1.82, 2.24) is 10.2 Å². The minimum absolute atomic E-state index is 0.0461. The van der Waals surface area contributed by atoms with Crippen LogP contribution in [0.3, 0.4) is 0 Å². The van der Waals surface area contributed by atoms with Crippen LogP contribution in [0.15, 0.2) is 52.9 Å². The minimum atomic E-state index is -0.0474. The van der Waals surface area contributed by atoms with Crippen LogP contribution in [0.4, 0.5) is 5.69 Å². The highest BCUT2D eigenvalue weighted by atomic mass is 16.2. The largest absolute Gasteiger partial charge is 0.320 e. The van der Waals surface area contributed by atoms with Crippen molar-refractivity contribution in [2.24, 2.45) is 4.99 Å². The number of nitrogens with zero attached hydrogens (tertiary/aromatic N) is 3. The molecule has 1 aromatic carbocycles. The van der Waals surface area contributed by atoms with Gasteiger partial charge in [-0.1, -0.05) is 24.6 Å². The smallest absolute Gasteiger partial charge is 0.298 e. The second-order valence-corrected chi connectivity index (χ2v) is 7.26. The molecule has 3 aliphatic heterocycles. The van der Waals surface area contributed by atoms with Gasteiger partial charge in [-0.25, -0.2) is 4.99 Å². The molecule has 25 heavy (non-hydrogen) atoms. The molecule has 1 N–H and O–H groups in total. The number of aliphatic imine (C=N–C) groups is 1. The molecular formula is C20H24N4O. The fourth-order valence-corrected chi connectivity index (χ4v) is 3.67. The van der Waals surface area contributed by atoms with E-state index in [0.717, 1.165) is 24.2 Å². The van der Waals surface area contributed by atoms with Crippen LogP contribution in [0.5, 0.6) is 0 Å². The molecule has 5 heteroatoms. The topological polar surface area (TPSA) is 47.9 Å². The van der Waals surface area contributed by atoms with E-state index in [2.05, 4.69) is 36.0 Å². The lowest BCUT2D eigenvalue weighted by molar-refractivity contribution is -0.113. The van der Waals surface area contributed by atoms with Gasteiger partial charge in [0, 0.05) is 42.6 Å². The molecule has 0 radical (unpaired) electrons. The Morgan fingerprint density at radius 1 is 1.24 bits per heavy atom. The van der Waals surface area contributed by atoms with Gasteiger partial charge < -0.3 is 10.2 Å². The van der Waals surface area contributed by atoms with Crippen LogP contribution in [0.2, 0.25) is 0 Å². The van der Waals surface area contributed by atoms with E-state index in [-0.39, 0.29) is 11.4 Å². The van der Waals surface area contributed by atoms with Crippen molar-refractivity contribution >= 4 is 17.4 Å². The summed E-state index contributed by atoms with van der Waals surface area (Å²) in [6.45, 7) is 7.91. The second-order valence-electron chi connectivity index (χ2n) is 7.26. The van der Waals surface area contributed by atoms with Gasteiger partial charge in [0.2, 0.25) is 0 Å². The summed E-state index contributed by atoms with van der Waals surface area (Å²) in [6, 6.07) is 8.12. The lowest BCUT2D eigenvalue weighted by atomic mass is 9.87. The normalized spacial score (nSPS) is 25.7. The summed E-state index contributed by atoms with van der Waals surface area (Å²) in [5.41, 5.74) is 4.40. The molecule has 0 aliphatic carbocycles. The highest BCUT2D eigenvalue weighted by Crippen LogP contribution is 2.37. The maximum absolute atomic E-state index is 13.2. The third kappa shape index (κ3) is 2.59.